The molecule has 6 nitrogen and oxygen atoms in total. The van der Waals surface area contributed by atoms with E-state index in [1.807, 2.05) is 30.5 Å². The summed E-state index contributed by atoms with van der Waals surface area (Å²) in [7, 11) is 0. The van der Waals surface area contributed by atoms with Gasteiger partial charge in [0.05, 0.1) is 5.56 Å². The van der Waals surface area contributed by atoms with E-state index < -0.39 is 0 Å². The zero-order chi connectivity index (χ0) is 13.4. The van der Waals surface area contributed by atoms with Crippen molar-refractivity contribution in [1.82, 2.24) is 25.1 Å². The molecule has 4 aromatic heterocycles. The molecule has 1 N–H and O–H groups in total. The minimum Gasteiger partial charge on any atom is -0.346 e. The van der Waals surface area contributed by atoms with Crippen molar-refractivity contribution in [2.24, 2.45) is 0 Å². The van der Waals surface area contributed by atoms with Crippen molar-refractivity contribution < 1.29 is 4.52 Å². The van der Waals surface area contributed by atoms with E-state index in [0.29, 0.717) is 11.7 Å². The Bertz CT molecular complexity index is 865. The van der Waals surface area contributed by atoms with E-state index in [-0.39, 0.29) is 0 Å². The molecule has 0 aliphatic carbocycles. The highest BCUT2D eigenvalue weighted by molar-refractivity contribution is 5.79. The molecule has 96 valence electrons. The first-order chi connectivity index (χ1) is 9.90. The highest BCUT2D eigenvalue weighted by Gasteiger charge is 2.11. The molecule has 0 spiro atoms. The van der Waals surface area contributed by atoms with Crippen LogP contribution < -0.4 is 0 Å². The van der Waals surface area contributed by atoms with Gasteiger partial charge < -0.3 is 9.51 Å². The quantitative estimate of drug-likeness (QED) is 0.601. The lowest BCUT2D eigenvalue weighted by atomic mass is 10.2. The van der Waals surface area contributed by atoms with E-state index >= 15 is 0 Å². The second-order valence-corrected chi connectivity index (χ2v) is 4.30. The third kappa shape index (κ3) is 1.74. The molecule has 0 aromatic carbocycles. The molecule has 0 fully saturated rings. The van der Waals surface area contributed by atoms with Crippen LogP contribution in [-0.2, 0) is 0 Å². The molecule has 0 unspecified atom stereocenters. The molecule has 0 amide bonds. The van der Waals surface area contributed by atoms with E-state index in [2.05, 4.69) is 25.1 Å². The van der Waals surface area contributed by atoms with Gasteiger partial charge in [0.1, 0.15) is 5.65 Å². The van der Waals surface area contributed by atoms with Crippen LogP contribution in [0.25, 0.3) is 33.9 Å². The van der Waals surface area contributed by atoms with Crippen molar-refractivity contribution in [3.05, 3.63) is 49.1 Å². The maximum Gasteiger partial charge on any atom is 0.259 e. The van der Waals surface area contributed by atoms with Gasteiger partial charge >= 0.3 is 0 Å². The molecule has 0 bridgehead atoms. The predicted molar refractivity (Wildman–Crippen MR) is 72.6 cm³/mol. The molecule has 4 aromatic rings. The molecule has 0 aliphatic heterocycles. The number of fused-ring (bicyclic) bond motifs is 1. The third-order valence-corrected chi connectivity index (χ3v) is 2.99. The van der Waals surface area contributed by atoms with Crippen LogP contribution in [-0.4, -0.2) is 25.1 Å². The van der Waals surface area contributed by atoms with Gasteiger partial charge in [-0.05, 0) is 24.3 Å². The van der Waals surface area contributed by atoms with E-state index in [0.717, 1.165) is 22.2 Å². The van der Waals surface area contributed by atoms with Gasteiger partial charge in [-0.3, -0.25) is 4.98 Å². The Labute approximate surface area is 113 Å². The largest absolute Gasteiger partial charge is 0.346 e. The highest BCUT2D eigenvalue weighted by Crippen LogP contribution is 2.23. The highest BCUT2D eigenvalue weighted by atomic mass is 16.5. The van der Waals surface area contributed by atoms with Crippen molar-refractivity contribution >= 4 is 11.0 Å². The molecular formula is C14H9N5O. The molecule has 0 atom stereocenters. The predicted octanol–water partition coefficient (Wildman–Crippen LogP) is 2.67. The van der Waals surface area contributed by atoms with Gasteiger partial charge in [-0.25, -0.2) is 4.98 Å². The third-order valence-electron chi connectivity index (χ3n) is 2.99. The summed E-state index contributed by atoms with van der Waals surface area (Å²) in [5, 5.41) is 4.97. The number of aromatic nitrogens is 5. The second kappa shape index (κ2) is 4.27. The number of pyridine rings is 2. The first kappa shape index (κ1) is 10.9. The van der Waals surface area contributed by atoms with Crippen molar-refractivity contribution in [3.63, 3.8) is 0 Å². The molecule has 4 rings (SSSR count). The van der Waals surface area contributed by atoms with Crippen LogP contribution in [0.2, 0.25) is 0 Å². The lowest BCUT2D eigenvalue weighted by Gasteiger charge is -1.94. The Morgan fingerprint density at radius 1 is 1.10 bits per heavy atom. The maximum absolute atomic E-state index is 5.29. The summed E-state index contributed by atoms with van der Waals surface area (Å²) in [5.74, 6) is 0.960. The van der Waals surface area contributed by atoms with Crippen LogP contribution in [0, 0.1) is 0 Å². The van der Waals surface area contributed by atoms with Crippen molar-refractivity contribution in [1.29, 1.82) is 0 Å². The average Bonchev–Trinajstić information content (AvgIpc) is 3.16. The fraction of sp³-hybridized carbons (Fsp3) is 0. The topological polar surface area (TPSA) is 80.5 Å². The zero-order valence-electron chi connectivity index (χ0n) is 10.3. The summed E-state index contributed by atoms with van der Waals surface area (Å²) in [5.41, 5.74) is 2.44. The molecule has 6 heteroatoms. The Morgan fingerprint density at radius 2 is 2.10 bits per heavy atom. The van der Waals surface area contributed by atoms with Crippen LogP contribution in [0.1, 0.15) is 0 Å². The zero-order valence-corrected chi connectivity index (χ0v) is 10.3. The molecule has 4 heterocycles. The Balaban J connectivity index is 1.77. The smallest absolute Gasteiger partial charge is 0.259 e. The fourth-order valence-electron chi connectivity index (χ4n) is 2.01. The monoisotopic (exact) mass is 263 g/mol. The SMILES string of the molecule is c1cncc(-c2noc(-c3cnc4[nH]ccc4c3)n2)c1. The molecule has 0 radical (unpaired) electrons. The van der Waals surface area contributed by atoms with E-state index in [1.165, 1.54) is 0 Å². The molecule has 0 saturated heterocycles. The minimum absolute atomic E-state index is 0.444. The number of nitrogens with one attached hydrogen (secondary N) is 1. The number of aromatic amines is 1. The summed E-state index contributed by atoms with van der Waals surface area (Å²) in [6.45, 7) is 0. The number of hydrogen-bond donors (Lipinski definition) is 1. The number of rotatable bonds is 2. The standard InChI is InChI=1S/C14H9N5O/c1-2-10(7-15-4-1)13-18-14(20-19-13)11-6-9-3-5-16-12(9)17-8-11/h1-8H,(H,16,17). The van der Waals surface area contributed by atoms with Gasteiger partial charge in [0, 0.05) is 35.7 Å². The maximum atomic E-state index is 5.29. The second-order valence-electron chi connectivity index (χ2n) is 4.30. The van der Waals surface area contributed by atoms with Crippen LogP contribution >= 0.6 is 0 Å². The van der Waals surface area contributed by atoms with Gasteiger partial charge in [0.2, 0.25) is 5.82 Å². The molecule has 0 saturated carbocycles. The summed E-state index contributed by atoms with van der Waals surface area (Å²) in [6.07, 6.45) is 6.95. The fourth-order valence-corrected chi connectivity index (χ4v) is 2.01. The van der Waals surface area contributed by atoms with Crippen molar-refractivity contribution in [2.75, 3.05) is 0 Å². The molecule has 0 aliphatic rings. The minimum atomic E-state index is 0.444. The Kier molecular flexibility index (Phi) is 2.32. The van der Waals surface area contributed by atoms with Gasteiger partial charge in [-0.2, -0.15) is 4.98 Å². The van der Waals surface area contributed by atoms with E-state index in [9.17, 15) is 0 Å². The molecular weight excluding hydrogens is 254 g/mol. The van der Waals surface area contributed by atoms with Crippen molar-refractivity contribution in [3.8, 4) is 22.8 Å². The van der Waals surface area contributed by atoms with Crippen LogP contribution in [0.3, 0.4) is 0 Å². The van der Waals surface area contributed by atoms with Crippen LogP contribution in [0.5, 0.6) is 0 Å². The first-order valence-electron chi connectivity index (χ1n) is 6.08. The molecule has 20 heavy (non-hydrogen) atoms. The van der Waals surface area contributed by atoms with Crippen LogP contribution in [0.15, 0.2) is 53.6 Å². The number of hydrogen-bond acceptors (Lipinski definition) is 5. The van der Waals surface area contributed by atoms with E-state index in [4.69, 9.17) is 4.52 Å². The Hall–Kier alpha value is -3.02. The van der Waals surface area contributed by atoms with Gasteiger partial charge in [-0.1, -0.05) is 5.16 Å². The lowest BCUT2D eigenvalue weighted by Crippen LogP contribution is -1.83. The van der Waals surface area contributed by atoms with Crippen molar-refractivity contribution in [2.45, 2.75) is 0 Å². The normalized spacial score (nSPS) is 11.0. The van der Waals surface area contributed by atoms with Gasteiger partial charge in [0.25, 0.3) is 5.89 Å². The summed E-state index contributed by atoms with van der Waals surface area (Å²) in [6, 6.07) is 7.62. The Morgan fingerprint density at radius 3 is 3.00 bits per heavy atom. The number of H-pyrrole nitrogens is 1. The van der Waals surface area contributed by atoms with Gasteiger partial charge in [-0.15, -0.1) is 0 Å². The summed E-state index contributed by atoms with van der Waals surface area (Å²) >= 11 is 0. The van der Waals surface area contributed by atoms with E-state index in [1.54, 1.807) is 18.6 Å². The first-order valence-corrected chi connectivity index (χ1v) is 6.08. The number of nitrogens with zero attached hydrogens (tertiary/aromatic N) is 4. The lowest BCUT2D eigenvalue weighted by molar-refractivity contribution is 0.432. The average molecular weight is 263 g/mol. The summed E-state index contributed by atoms with van der Waals surface area (Å²) < 4.78 is 5.29. The summed E-state index contributed by atoms with van der Waals surface area (Å²) in [4.78, 5) is 15.8. The van der Waals surface area contributed by atoms with Gasteiger partial charge in [0.15, 0.2) is 0 Å². The van der Waals surface area contributed by atoms with Crippen LogP contribution in [0.4, 0.5) is 0 Å².